The monoisotopic (exact) mass is 413 g/mol. The average molecular weight is 415 g/mol. The zero-order valence-corrected chi connectivity index (χ0v) is 15.8. The second-order valence-electron chi connectivity index (χ2n) is 5.03. The van der Waals surface area contributed by atoms with Crippen LogP contribution in [-0.4, -0.2) is 9.78 Å². The molecule has 0 saturated carbocycles. The lowest BCUT2D eigenvalue weighted by Crippen LogP contribution is -2.20. The number of nitrogens with zero attached hydrogens (tertiary/aromatic N) is 2. The summed E-state index contributed by atoms with van der Waals surface area (Å²) in [5.74, 6) is 0. The van der Waals surface area contributed by atoms with Crippen LogP contribution >= 0.6 is 31.9 Å². The van der Waals surface area contributed by atoms with Crippen LogP contribution in [0.25, 0.3) is 0 Å². The summed E-state index contributed by atoms with van der Waals surface area (Å²) < 4.78 is 4.33. The van der Waals surface area contributed by atoms with E-state index in [1.165, 1.54) is 11.3 Å². The fourth-order valence-corrected chi connectivity index (χ4v) is 3.45. The Bertz CT molecular complexity index is 608. The molecule has 1 aromatic carbocycles. The third-order valence-electron chi connectivity index (χ3n) is 3.62. The predicted molar refractivity (Wildman–Crippen MR) is 94.4 cm³/mol. The van der Waals surface area contributed by atoms with E-state index in [2.05, 4.69) is 85.9 Å². The lowest BCUT2D eigenvalue weighted by atomic mass is 10.1. The van der Waals surface area contributed by atoms with Gasteiger partial charge in [0.1, 0.15) is 0 Å². The molecule has 5 heteroatoms. The van der Waals surface area contributed by atoms with Gasteiger partial charge in [-0.25, -0.2) is 0 Å². The molecule has 0 radical (unpaired) electrons. The number of hydrogen-bond donors (Lipinski definition) is 1. The Hall–Kier alpha value is -0.650. The molecule has 3 nitrogen and oxygen atoms in total. The molecule has 0 aliphatic heterocycles. The highest BCUT2D eigenvalue weighted by molar-refractivity contribution is 9.10. The molecule has 0 aliphatic rings. The molecule has 1 unspecified atom stereocenters. The maximum atomic E-state index is 4.63. The first-order valence-electron chi connectivity index (χ1n) is 7.29. The molecule has 21 heavy (non-hydrogen) atoms. The zero-order chi connectivity index (χ0) is 15.4. The van der Waals surface area contributed by atoms with E-state index in [0.717, 1.165) is 34.1 Å². The normalized spacial score (nSPS) is 12.6. The molecule has 1 atom stereocenters. The van der Waals surface area contributed by atoms with Gasteiger partial charge in [0.2, 0.25) is 0 Å². The van der Waals surface area contributed by atoms with E-state index in [1.54, 1.807) is 0 Å². The summed E-state index contributed by atoms with van der Waals surface area (Å²) in [5.41, 5.74) is 3.62. The second kappa shape index (κ2) is 7.56. The minimum atomic E-state index is 0.291. The summed E-state index contributed by atoms with van der Waals surface area (Å²) in [5, 5.41) is 8.22. The minimum Gasteiger partial charge on any atom is -0.305 e. The van der Waals surface area contributed by atoms with Crippen molar-refractivity contribution in [2.24, 2.45) is 0 Å². The molecular weight excluding hydrogens is 394 g/mol. The van der Waals surface area contributed by atoms with Crippen molar-refractivity contribution in [3.05, 3.63) is 50.2 Å². The highest BCUT2D eigenvalue weighted by Crippen LogP contribution is 2.24. The van der Waals surface area contributed by atoms with E-state index in [4.69, 9.17) is 0 Å². The van der Waals surface area contributed by atoms with E-state index in [1.807, 2.05) is 6.07 Å². The summed E-state index contributed by atoms with van der Waals surface area (Å²) >= 11 is 7.21. The molecular formula is C16H21Br2N3. The standard InChI is InChI=1S/C16H21Br2N3/c1-4-14-16(18)15(21(5-2)20-14)10-19-11(3)12-7-6-8-13(17)9-12/h6-9,11,19H,4-5,10H2,1-3H3. The Morgan fingerprint density at radius 1 is 1.29 bits per heavy atom. The van der Waals surface area contributed by atoms with Gasteiger partial charge in [-0.1, -0.05) is 35.0 Å². The topological polar surface area (TPSA) is 29.9 Å². The van der Waals surface area contributed by atoms with Gasteiger partial charge < -0.3 is 5.32 Å². The molecule has 2 rings (SSSR count). The van der Waals surface area contributed by atoms with Gasteiger partial charge in [-0.15, -0.1) is 0 Å². The lowest BCUT2D eigenvalue weighted by Gasteiger charge is -2.15. The molecule has 114 valence electrons. The molecule has 0 spiro atoms. The largest absolute Gasteiger partial charge is 0.305 e. The van der Waals surface area contributed by atoms with Crippen LogP contribution < -0.4 is 5.32 Å². The van der Waals surface area contributed by atoms with Crippen molar-refractivity contribution in [3.63, 3.8) is 0 Å². The number of halogens is 2. The highest BCUT2D eigenvalue weighted by atomic mass is 79.9. The van der Waals surface area contributed by atoms with Gasteiger partial charge in [0.05, 0.1) is 15.9 Å². The van der Waals surface area contributed by atoms with Crippen molar-refractivity contribution in [2.45, 2.75) is 46.3 Å². The summed E-state index contributed by atoms with van der Waals surface area (Å²) in [6.07, 6.45) is 0.946. The minimum absolute atomic E-state index is 0.291. The molecule has 2 aromatic rings. The Balaban J connectivity index is 2.11. The molecule has 1 N–H and O–H groups in total. The van der Waals surface area contributed by atoms with E-state index >= 15 is 0 Å². The fraction of sp³-hybridized carbons (Fsp3) is 0.438. The van der Waals surface area contributed by atoms with E-state index < -0.39 is 0 Å². The number of hydrogen-bond acceptors (Lipinski definition) is 2. The number of nitrogens with one attached hydrogen (secondary N) is 1. The van der Waals surface area contributed by atoms with Gasteiger partial charge in [0, 0.05) is 23.6 Å². The van der Waals surface area contributed by atoms with Crippen molar-refractivity contribution in [3.8, 4) is 0 Å². The summed E-state index contributed by atoms with van der Waals surface area (Å²) in [4.78, 5) is 0. The molecule has 0 fully saturated rings. The van der Waals surface area contributed by atoms with Crippen molar-refractivity contribution >= 4 is 31.9 Å². The van der Waals surface area contributed by atoms with Crippen LogP contribution in [0.4, 0.5) is 0 Å². The van der Waals surface area contributed by atoms with E-state index in [9.17, 15) is 0 Å². The quantitative estimate of drug-likeness (QED) is 0.732. The average Bonchev–Trinajstić information content (AvgIpc) is 2.80. The molecule has 0 amide bonds. The van der Waals surface area contributed by atoms with Crippen LogP contribution in [0, 0.1) is 0 Å². The van der Waals surface area contributed by atoms with Gasteiger partial charge in [0.25, 0.3) is 0 Å². The Kier molecular flexibility index (Phi) is 6.02. The lowest BCUT2D eigenvalue weighted by molar-refractivity contribution is 0.529. The van der Waals surface area contributed by atoms with Crippen LogP contribution in [-0.2, 0) is 19.5 Å². The Morgan fingerprint density at radius 3 is 2.67 bits per heavy atom. The van der Waals surface area contributed by atoms with Crippen molar-refractivity contribution in [2.75, 3.05) is 0 Å². The van der Waals surface area contributed by atoms with Gasteiger partial charge >= 0.3 is 0 Å². The van der Waals surface area contributed by atoms with Gasteiger partial charge in [-0.05, 0) is 53.9 Å². The highest BCUT2D eigenvalue weighted by Gasteiger charge is 2.14. The first-order valence-corrected chi connectivity index (χ1v) is 8.88. The Morgan fingerprint density at radius 2 is 2.05 bits per heavy atom. The SMILES string of the molecule is CCc1nn(CC)c(CNC(C)c2cccc(Br)c2)c1Br. The number of benzene rings is 1. The van der Waals surface area contributed by atoms with Gasteiger partial charge in [0.15, 0.2) is 0 Å². The van der Waals surface area contributed by atoms with Crippen LogP contribution in [0.15, 0.2) is 33.2 Å². The zero-order valence-electron chi connectivity index (χ0n) is 12.7. The summed E-state index contributed by atoms with van der Waals surface area (Å²) in [6, 6.07) is 8.71. The van der Waals surface area contributed by atoms with E-state index in [0.29, 0.717) is 6.04 Å². The Labute approximate surface area is 143 Å². The van der Waals surface area contributed by atoms with E-state index in [-0.39, 0.29) is 0 Å². The molecule has 1 heterocycles. The molecule has 1 aromatic heterocycles. The van der Waals surface area contributed by atoms with Gasteiger partial charge in [-0.3, -0.25) is 4.68 Å². The maximum absolute atomic E-state index is 4.63. The first kappa shape index (κ1) is 16.7. The second-order valence-corrected chi connectivity index (χ2v) is 6.74. The number of aryl methyl sites for hydroxylation is 2. The maximum Gasteiger partial charge on any atom is 0.0767 e. The summed E-state index contributed by atoms with van der Waals surface area (Å²) in [7, 11) is 0. The number of rotatable bonds is 6. The summed E-state index contributed by atoms with van der Waals surface area (Å²) in [6.45, 7) is 8.13. The third-order valence-corrected chi connectivity index (χ3v) is 5.03. The first-order chi connectivity index (χ1) is 10.1. The van der Waals surface area contributed by atoms with Gasteiger partial charge in [-0.2, -0.15) is 5.10 Å². The molecule has 0 bridgehead atoms. The van der Waals surface area contributed by atoms with Crippen molar-refractivity contribution in [1.82, 2.24) is 15.1 Å². The molecule has 0 aliphatic carbocycles. The number of aromatic nitrogens is 2. The van der Waals surface area contributed by atoms with Crippen LogP contribution in [0.5, 0.6) is 0 Å². The van der Waals surface area contributed by atoms with Crippen molar-refractivity contribution in [1.29, 1.82) is 0 Å². The smallest absolute Gasteiger partial charge is 0.0767 e. The van der Waals surface area contributed by atoms with Crippen LogP contribution in [0.3, 0.4) is 0 Å². The molecule has 0 saturated heterocycles. The van der Waals surface area contributed by atoms with Crippen molar-refractivity contribution < 1.29 is 0 Å². The van der Waals surface area contributed by atoms with Crippen LogP contribution in [0.2, 0.25) is 0 Å². The van der Waals surface area contributed by atoms with Crippen LogP contribution in [0.1, 0.15) is 43.8 Å². The fourth-order valence-electron chi connectivity index (χ4n) is 2.33. The predicted octanol–water partition coefficient (Wildman–Crippen LogP) is 4.84. The third kappa shape index (κ3) is 3.96.